The van der Waals surface area contributed by atoms with Crippen molar-refractivity contribution in [1.82, 2.24) is 4.98 Å². The number of nitrogen functional groups attached to an aromatic ring is 1. The third-order valence-corrected chi connectivity index (χ3v) is 3.45. The molecule has 0 radical (unpaired) electrons. The number of carbonyl (C=O) groups is 1. The Morgan fingerprint density at radius 1 is 1.19 bits per heavy atom. The van der Waals surface area contributed by atoms with E-state index in [0.717, 1.165) is 10.9 Å². The summed E-state index contributed by atoms with van der Waals surface area (Å²) in [6.45, 7) is 0. The molecule has 106 valence electrons. The van der Waals surface area contributed by atoms with Gasteiger partial charge in [-0.1, -0.05) is 0 Å². The Kier molecular flexibility index (Phi) is 3.10. The van der Waals surface area contributed by atoms with E-state index in [0.29, 0.717) is 16.9 Å². The molecule has 3 N–H and O–H groups in total. The lowest BCUT2D eigenvalue weighted by atomic mass is 10.1. The van der Waals surface area contributed by atoms with Crippen molar-refractivity contribution in [2.45, 2.75) is 0 Å². The maximum absolute atomic E-state index is 13.0. The fourth-order valence-electron chi connectivity index (χ4n) is 2.28. The van der Waals surface area contributed by atoms with Gasteiger partial charge in [-0.3, -0.25) is 4.79 Å². The van der Waals surface area contributed by atoms with Gasteiger partial charge in [-0.25, -0.2) is 4.39 Å². The van der Waals surface area contributed by atoms with Gasteiger partial charge in [-0.2, -0.15) is 0 Å². The minimum absolute atomic E-state index is 0.182. The van der Waals surface area contributed by atoms with Crippen molar-refractivity contribution < 1.29 is 9.18 Å². The fourth-order valence-corrected chi connectivity index (χ4v) is 2.28. The summed E-state index contributed by atoms with van der Waals surface area (Å²) in [5, 5.41) is 0.772. The number of aromatic nitrogens is 1. The summed E-state index contributed by atoms with van der Waals surface area (Å²) < 4.78 is 13.0. The number of rotatable bonds is 2. The second-order valence-electron chi connectivity index (χ2n) is 4.85. The number of fused-ring (bicyclic) bond motifs is 1. The van der Waals surface area contributed by atoms with E-state index in [4.69, 9.17) is 5.73 Å². The van der Waals surface area contributed by atoms with Gasteiger partial charge in [-0.15, -0.1) is 0 Å². The first-order valence-corrected chi connectivity index (χ1v) is 6.46. The number of nitrogens with two attached hydrogens (primary N) is 1. The zero-order valence-electron chi connectivity index (χ0n) is 11.4. The van der Waals surface area contributed by atoms with Crippen LogP contribution in [0.2, 0.25) is 0 Å². The van der Waals surface area contributed by atoms with Crippen LogP contribution in [0.3, 0.4) is 0 Å². The molecule has 0 aliphatic rings. The average Bonchev–Trinajstić information content (AvgIpc) is 2.89. The molecule has 4 nitrogen and oxygen atoms in total. The summed E-state index contributed by atoms with van der Waals surface area (Å²) in [6.07, 6.45) is 1.66. The molecule has 2 aromatic carbocycles. The van der Waals surface area contributed by atoms with Gasteiger partial charge >= 0.3 is 0 Å². The zero-order chi connectivity index (χ0) is 15.0. The van der Waals surface area contributed by atoms with Gasteiger partial charge in [-0.05, 0) is 42.5 Å². The molecule has 0 atom stereocenters. The number of hydrogen-bond acceptors (Lipinski definition) is 2. The molecule has 3 rings (SSSR count). The van der Waals surface area contributed by atoms with E-state index >= 15 is 0 Å². The molecule has 5 heteroatoms. The van der Waals surface area contributed by atoms with Crippen molar-refractivity contribution in [3.8, 4) is 0 Å². The van der Waals surface area contributed by atoms with Crippen molar-refractivity contribution in [2.24, 2.45) is 0 Å². The lowest BCUT2D eigenvalue weighted by molar-refractivity contribution is 0.0994. The Morgan fingerprint density at radius 2 is 1.90 bits per heavy atom. The number of hydrogen-bond donors (Lipinski definition) is 2. The molecule has 1 aromatic heterocycles. The van der Waals surface area contributed by atoms with Gasteiger partial charge in [0.1, 0.15) is 5.82 Å². The van der Waals surface area contributed by atoms with Gasteiger partial charge in [0.15, 0.2) is 0 Å². The highest BCUT2D eigenvalue weighted by Crippen LogP contribution is 2.24. The van der Waals surface area contributed by atoms with Crippen molar-refractivity contribution in [3.63, 3.8) is 0 Å². The minimum atomic E-state index is -0.334. The highest BCUT2D eigenvalue weighted by molar-refractivity contribution is 6.14. The third kappa shape index (κ3) is 2.33. The molecule has 0 fully saturated rings. The topological polar surface area (TPSA) is 62.1 Å². The molecule has 0 aliphatic carbocycles. The molecule has 0 spiro atoms. The molecular weight excluding hydrogens is 269 g/mol. The van der Waals surface area contributed by atoms with Crippen LogP contribution in [0.1, 0.15) is 10.4 Å². The van der Waals surface area contributed by atoms with Crippen molar-refractivity contribution in [1.29, 1.82) is 0 Å². The highest BCUT2D eigenvalue weighted by atomic mass is 19.1. The third-order valence-electron chi connectivity index (χ3n) is 3.45. The van der Waals surface area contributed by atoms with Crippen molar-refractivity contribution in [3.05, 3.63) is 60.0 Å². The van der Waals surface area contributed by atoms with Crippen molar-refractivity contribution >= 4 is 28.2 Å². The monoisotopic (exact) mass is 283 g/mol. The lowest BCUT2D eigenvalue weighted by Gasteiger charge is -2.16. The Balaban J connectivity index is 2.00. The number of anilines is 2. The second-order valence-corrected chi connectivity index (χ2v) is 4.85. The predicted molar refractivity (Wildman–Crippen MR) is 81.8 cm³/mol. The normalized spacial score (nSPS) is 10.8. The largest absolute Gasteiger partial charge is 0.399 e. The first kappa shape index (κ1) is 13.2. The van der Waals surface area contributed by atoms with E-state index in [-0.39, 0.29) is 11.7 Å². The first-order valence-electron chi connectivity index (χ1n) is 6.46. The second kappa shape index (κ2) is 4.94. The molecule has 0 saturated heterocycles. The Labute approximate surface area is 121 Å². The van der Waals surface area contributed by atoms with E-state index < -0.39 is 0 Å². The van der Waals surface area contributed by atoms with E-state index in [1.807, 2.05) is 6.07 Å². The van der Waals surface area contributed by atoms with Gasteiger partial charge < -0.3 is 15.6 Å². The number of aromatic amines is 1. The van der Waals surface area contributed by atoms with E-state index in [1.165, 1.54) is 17.0 Å². The zero-order valence-corrected chi connectivity index (χ0v) is 11.4. The molecule has 21 heavy (non-hydrogen) atoms. The Hall–Kier alpha value is -2.82. The number of nitrogens with zero attached hydrogens (tertiary/aromatic N) is 1. The summed E-state index contributed by atoms with van der Waals surface area (Å²) in [6, 6.07) is 11.2. The van der Waals surface area contributed by atoms with Gasteiger partial charge in [0.25, 0.3) is 5.91 Å². The van der Waals surface area contributed by atoms with Gasteiger partial charge in [0.2, 0.25) is 0 Å². The summed E-state index contributed by atoms with van der Waals surface area (Å²) in [5.74, 6) is -0.516. The molecule has 0 unspecified atom stereocenters. The number of H-pyrrole nitrogens is 1. The average molecular weight is 283 g/mol. The summed E-state index contributed by atoms with van der Waals surface area (Å²) in [5.41, 5.74) is 8.38. The molecule has 3 aromatic rings. The van der Waals surface area contributed by atoms with Gasteiger partial charge in [0, 0.05) is 35.5 Å². The van der Waals surface area contributed by atoms with Crippen molar-refractivity contribution in [2.75, 3.05) is 17.7 Å². The lowest BCUT2D eigenvalue weighted by Crippen LogP contribution is -2.25. The maximum Gasteiger partial charge on any atom is 0.260 e. The molecule has 0 saturated carbocycles. The number of halogens is 1. The van der Waals surface area contributed by atoms with Crippen LogP contribution in [0, 0.1) is 5.82 Å². The molecular formula is C16H14FN3O. The molecule has 1 amide bonds. The molecule has 0 bridgehead atoms. The maximum atomic E-state index is 13.0. The van der Waals surface area contributed by atoms with Crippen LogP contribution < -0.4 is 10.6 Å². The van der Waals surface area contributed by atoms with Crippen LogP contribution in [0.4, 0.5) is 15.8 Å². The summed E-state index contributed by atoms with van der Waals surface area (Å²) in [7, 11) is 1.65. The SMILES string of the molecule is CN(C(=O)c1c[nH]c2ccc(N)cc12)c1ccc(F)cc1. The van der Waals surface area contributed by atoms with E-state index in [1.54, 1.807) is 37.5 Å². The van der Waals surface area contributed by atoms with Crippen LogP contribution in [0.5, 0.6) is 0 Å². The quantitative estimate of drug-likeness (QED) is 0.710. The first-order chi connectivity index (χ1) is 10.1. The van der Waals surface area contributed by atoms with Gasteiger partial charge in [0.05, 0.1) is 5.56 Å². The number of carbonyl (C=O) groups excluding carboxylic acids is 1. The number of amides is 1. The highest BCUT2D eigenvalue weighted by Gasteiger charge is 2.17. The Morgan fingerprint density at radius 3 is 2.62 bits per heavy atom. The van der Waals surface area contributed by atoms with E-state index in [2.05, 4.69) is 4.98 Å². The molecule has 0 aliphatic heterocycles. The van der Waals surface area contributed by atoms with Crippen LogP contribution in [0.25, 0.3) is 10.9 Å². The standard InChI is InChI=1S/C16H14FN3O/c1-20(12-5-2-10(17)3-6-12)16(21)14-9-19-15-7-4-11(18)8-13(14)15/h2-9,19H,18H2,1H3. The van der Waals surface area contributed by atoms with E-state index in [9.17, 15) is 9.18 Å². The van der Waals surface area contributed by atoms with Crippen LogP contribution >= 0.6 is 0 Å². The Bertz CT molecular complexity index is 808. The number of nitrogens with one attached hydrogen (secondary N) is 1. The summed E-state index contributed by atoms with van der Waals surface area (Å²) in [4.78, 5) is 17.1. The number of benzene rings is 2. The smallest absolute Gasteiger partial charge is 0.260 e. The van der Waals surface area contributed by atoms with Crippen LogP contribution in [0.15, 0.2) is 48.7 Å². The minimum Gasteiger partial charge on any atom is -0.399 e. The fraction of sp³-hybridized carbons (Fsp3) is 0.0625. The molecule has 1 heterocycles. The van der Waals surface area contributed by atoms with Crippen LogP contribution in [-0.2, 0) is 0 Å². The van der Waals surface area contributed by atoms with Crippen LogP contribution in [-0.4, -0.2) is 17.9 Å². The summed E-state index contributed by atoms with van der Waals surface area (Å²) >= 11 is 0. The predicted octanol–water partition coefficient (Wildman–Crippen LogP) is 3.17.